The summed E-state index contributed by atoms with van der Waals surface area (Å²) in [5.74, 6) is 1.54. The van der Waals surface area contributed by atoms with Crippen LogP contribution in [0.5, 0.6) is 11.5 Å². The van der Waals surface area contributed by atoms with Gasteiger partial charge >= 0.3 is 6.09 Å². The van der Waals surface area contributed by atoms with Crippen molar-refractivity contribution in [3.05, 3.63) is 60.6 Å². The molecule has 4 aromatic rings. The lowest BCUT2D eigenvalue weighted by Gasteiger charge is -2.16. The van der Waals surface area contributed by atoms with Gasteiger partial charge in [0.2, 0.25) is 0 Å². The molecule has 0 spiro atoms. The normalized spacial score (nSPS) is 13.9. The highest BCUT2D eigenvalue weighted by Crippen LogP contribution is 2.32. The minimum absolute atomic E-state index is 0.0211. The predicted molar refractivity (Wildman–Crippen MR) is 123 cm³/mol. The van der Waals surface area contributed by atoms with Gasteiger partial charge in [-0.1, -0.05) is 6.92 Å². The Morgan fingerprint density at radius 2 is 2.00 bits per heavy atom. The third-order valence-electron chi connectivity index (χ3n) is 5.47. The van der Waals surface area contributed by atoms with E-state index in [0.29, 0.717) is 41.7 Å². The number of hydrogen-bond donors (Lipinski definition) is 1. The van der Waals surface area contributed by atoms with Gasteiger partial charge in [0.15, 0.2) is 15.7 Å². The van der Waals surface area contributed by atoms with E-state index in [-0.39, 0.29) is 23.3 Å². The summed E-state index contributed by atoms with van der Waals surface area (Å²) in [6.07, 6.45) is 4.40. The lowest BCUT2D eigenvalue weighted by molar-refractivity contribution is 0.157. The number of carbonyl (C=O) groups excluding carboxylic acids is 1. The maximum absolute atomic E-state index is 12.1. The Kier molecular flexibility index (Phi) is 5.62. The van der Waals surface area contributed by atoms with Crippen LogP contribution in [0.25, 0.3) is 22.6 Å². The van der Waals surface area contributed by atoms with Crippen molar-refractivity contribution in [2.75, 3.05) is 18.9 Å². The molecule has 0 bridgehead atoms. The average molecular weight is 480 g/mol. The van der Waals surface area contributed by atoms with Gasteiger partial charge in [0, 0.05) is 24.0 Å². The zero-order valence-electron chi connectivity index (χ0n) is 18.3. The fourth-order valence-electron chi connectivity index (χ4n) is 3.63. The van der Waals surface area contributed by atoms with Crippen LogP contribution in [0.4, 0.5) is 4.79 Å². The van der Waals surface area contributed by atoms with E-state index in [4.69, 9.17) is 9.47 Å². The van der Waals surface area contributed by atoms with Crippen LogP contribution >= 0.6 is 0 Å². The zero-order valence-corrected chi connectivity index (χ0v) is 19.1. The van der Waals surface area contributed by atoms with Crippen molar-refractivity contribution >= 4 is 27.0 Å². The molecule has 0 unspecified atom stereocenters. The van der Waals surface area contributed by atoms with Gasteiger partial charge in [-0.25, -0.2) is 23.2 Å². The van der Waals surface area contributed by atoms with E-state index in [0.717, 1.165) is 11.1 Å². The quantitative estimate of drug-likeness (QED) is 0.426. The van der Waals surface area contributed by atoms with Crippen LogP contribution in [-0.2, 0) is 21.1 Å². The van der Waals surface area contributed by atoms with E-state index in [2.05, 4.69) is 19.9 Å². The van der Waals surface area contributed by atoms with Gasteiger partial charge in [0.25, 0.3) is 0 Å². The van der Waals surface area contributed by atoms with E-state index in [9.17, 15) is 13.2 Å². The number of rotatable bonds is 7. The number of ether oxygens (including phenoxy) is 2. The Morgan fingerprint density at radius 1 is 1.18 bits per heavy atom. The topological polar surface area (TPSA) is 127 Å². The standard InChI is InChI=1S/C23H21N5O5S/c1-2-34(30,31)17-5-3-16(4-6-17)33-21-12-19-18(11-15(21)14-28-9-10-32-23(28)29)26-22(27-19)20-13-24-7-8-25-20/h3-8,11-13H,2,9-10,14H2,1H3,(H,26,27). The maximum Gasteiger partial charge on any atom is 0.410 e. The summed E-state index contributed by atoms with van der Waals surface area (Å²) in [5, 5.41) is 0. The molecule has 1 fully saturated rings. The molecule has 1 N–H and O–H groups in total. The first-order valence-corrected chi connectivity index (χ1v) is 12.3. The van der Waals surface area contributed by atoms with E-state index >= 15 is 0 Å². The maximum atomic E-state index is 12.1. The second-order valence-corrected chi connectivity index (χ2v) is 9.94. The molecule has 0 saturated carbocycles. The van der Waals surface area contributed by atoms with Crippen molar-refractivity contribution in [2.24, 2.45) is 0 Å². The molecule has 1 amide bonds. The molecule has 1 aliphatic heterocycles. The van der Waals surface area contributed by atoms with Crippen molar-refractivity contribution < 1.29 is 22.7 Å². The Morgan fingerprint density at radius 3 is 2.68 bits per heavy atom. The first kappa shape index (κ1) is 21.8. The number of fused-ring (bicyclic) bond motifs is 1. The van der Waals surface area contributed by atoms with Gasteiger partial charge in [0.1, 0.15) is 23.8 Å². The van der Waals surface area contributed by atoms with E-state index in [1.165, 1.54) is 12.1 Å². The SMILES string of the molecule is CCS(=O)(=O)c1ccc(Oc2cc3nc(-c4cnccn4)[nH]c3cc2CN2CCOC2=O)cc1. The van der Waals surface area contributed by atoms with Gasteiger partial charge in [-0.3, -0.25) is 4.98 Å². The molecule has 3 heterocycles. The molecule has 1 saturated heterocycles. The number of amides is 1. The summed E-state index contributed by atoms with van der Waals surface area (Å²) in [7, 11) is -3.31. The number of cyclic esters (lactones) is 1. The van der Waals surface area contributed by atoms with Crippen LogP contribution in [0.1, 0.15) is 12.5 Å². The van der Waals surface area contributed by atoms with Crippen molar-refractivity contribution in [2.45, 2.75) is 18.4 Å². The third-order valence-corrected chi connectivity index (χ3v) is 7.22. The Hall–Kier alpha value is -3.99. The average Bonchev–Trinajstić information content (AvgIpc) is 3.45. The number of benzene rings is 2. The van der Waals surface area contributed by atoms with Crippen molar-refractivity contribution in [3.8, 4) is 23.0 Å². The van der Waals surface area contributed by atoms with E-state index in [1.54, 1.807) is 48.6 Å². The number of aromatic amines is 1. The van der Waals surface area contributed by atoms with E-state index < -0.39 is 9.84 Å². The molecule has 0 aliphatic carbocycles. The summed E-state index contributed by atoms with van der Waals surface area (Å²) in [6.45, 7) is 2.70. The molecule has 2 aromatic heterocycles. The van der Waals surface area contributed by atoms with Crippen LogP contribution in [0.3, 0.4) is 0 Å². The van der Waals surface area contributed by atoms with Crippen LogP contribution < -0.4 is 4.74 Å². The fourth-order valence-corrected chi connectivity index (χ4v) is 4.51. The van der Waals surface area contributed by atoms with Gasteiger partial charge < -0.3 is 19.4 Å². The van der Waals surface area contributed by atoms with Crippen molar-refractivity contribution in [1.82, 2.24) is 24.8 Å². The van der Waals surface area contributed by atoms with Crippen LogP contribution in [0.15, 0.2) is 59.9 Å². The summed E-state index contributed by atoms with van der Waals surface area (Å²) in [4.78, 5) is 30.1. The Bertz CT molecular complexity index is 1450. The Labute approximate surface area is 195 Å². The molecule has 10 nitrogen and oxygen atoms in total. The highest BCUT2D eigenvalue weighted by Gasteiger charge is 2.24. The van der Waals surface area contributed by atoms with Crippen LogP contribution in [-0.4, -0.2) is 58.3 Å². The summed E-state index contributed by atoms with van der Waals surface area (Å²) in [6, 6.07) is 9.90. The van der Waals surface area contributed by atoms with Gasteiger partial charge in [-0.05, 0) is 30.3 Å². The molecular formula is C23H21N5O5S. The lowest BCUT2D eigenvalue weighted by Crippen LogP contribution is -2.23. The first-order valence-electron chi connectivity index (χ1n) is 10.6. The van der Waals surface area contributed by atoms with Gasteiger partial charge in [-0.15, -0.1) is 0 Å². The second kappa shape index (κ2) is 8.75. The molecule has 0 atom stereocenters. The molecule has 34 heavy (non-hydrogen) atoms. The fraction of sp³-hybridized carbons (Fsp3) is 0.217. The molecule has 2 aromatic carbocycles. The highest BCUT2D eigenvalue weighted by molar-refractivity contribution is 7.91. The lowest BCUT2D eigenvalue weighted by atomic mass is 10.1. The summed E-state index contributed by atoms with van der Waals surface area (Å²) >= 11 is 0. The third kappa shape index (κ3) is 4.29. The molecular weight excluding hydrogens is 458 g/mol. The monoisotopic (exact) mass is 479 g/mol. The number of sulfone groups is 1. The predicted octanol–water partition coefficient (Wildman–Crippen LogP) is 3.56. The van der Waals surface area contributed by atoms with Crippen LogP contribution in [0.2, 0.25) is 0 Å². The number of aromatic nitrogens is 4. The first-order chi connectivity index (χ1) is 16.4. The second-order valence-electron chi connectivity index (χ2n) is 7.67. The molecule has 5 rings (SSSR count). The Balaban J connectivity index is 1.52. The minimum Gasteiger partial charge on any atom is -0.457 e. The zero-order chi connectivity index (χ0) is 23.7. The molecule has 0 radical (unpaired) electrons. The smallest absolute Gasteiger partial charge is 0.410 e. The van der Waals surface area contributed by atoms with Crippen molar-refractivity contribution in [1.29, 1.82) is 0 Å². The molecule has 11 heteroatoms. The number of carbonyl (C=O) groups is 1. The van der Waals surface area contributed by atoms with Gasteiger partial charge in [-0.2, -0.15) is 0 Å². The largest absolute Gasteiger partial charge is 0.457 e. The minimum atomic E-state index is -3.31. The molecule has 1 aliphatic rings. The van der Waals surface area contributed by atoms with E-state index in [1.807, 2.05) is 6.07 Å². The van der Waals surface area contributed by atoms with Crippen LogP contribution in [0, 0.1) is 0 Å². The number of H-pyrrole nitrogens is 1. The number of hydrogen-bond acceptors (Lipinski definition) is 8. The number of nitrogens with zero attached hydrogens (tertiary/aromatic N) is 4. The number of imidazole rings is 1. The highest BCUT2D eigenvalue weighted by atomic mass is 32.2. The summed E-state index contributed by atoms with van der Waals surface area (Å²) in [5.41, 5.74) is 2.73. The molecule has 174 valence electrons. The number of nitrogens with one attached hydrogen (secondary N) is 1. The van der Waals surface area contributed by atoms with Crippen molar-refractivity contribution in [3.63, 3.8) is 0 Å². The van der Waals surface area contributed by atoms with Gasteiger partial charge in [0.05, 0.1) is 41.0 Å². The summed E-state index contributed by atoms with van der Waals surface area (Å²) < 4.78 is 35.4.